The first kappa shape index (κ1) is 7.32. The van der Waals surface area contributed by atoms with Crippen molar-refractivity contribution < 1.29 is 5.11 Å². The molecule has 2 rings (SSSR count). The van der Waals surface area contributed by atoms with Gasteiger partial charge in [0.1, 0.15) is 0 Å². The van der Waals surface area contributed by atoms with Crippen molar-refractivity contribution in [2.24, 2.45) is 0 Å². The van der Waals surface area contributed by atoms with Crippen molar-refractivity contribution in [3.63, 3.8) is 0 Å². The standard InChI is InChI=1S/C9H15NO/c1-7-2-3-10-6-9(11)5-8(10)4-7/h4,8-9,11H,2-3,5-6H2,1H3. The number of aliphatic hydroxyl groups is 1. The molecule has 0 aromatic carbocycles. The van der Waals surface area contributed by atoms with E-state index < -0.39 is 0 Å². The first-order valence-electron chi connectivity index (χ1n) is 4.35. The molecule has 2 unspecified atom stereocenters. The predicted octanol–water partition coefficient (Wildman–Crippen LogP) is 0.772. The summed E-state index contributed by atoms with van der Waals surface area (Å²) in [6.07, 6.45) is 4.35. The van der Waals surface area contributed by atoms with Gasteiger partial charge in [-0.3, -0.25) is 4.90 Å². The molecule has 0 aromatic heterocycles. The molecule has 2 heterocycles. The maximum Gasteiger partial charge on any atom is 0.0685 e. The van der Waals surface area contributed by atoms with Crippen LogP contribution >= 0.6 is 0 Å². The molecule has 0 aromatic rings. The number of rotatable bonds is 0. The van der Waals surface area contributed by atoms with Gasteiger partial charge < -0.3 is 5.11 Å². The Morgan fingerprint density at radius 3 is 3.27 bits per heavy atom. The Morgan fingerprint density at radius 1 is 1.64 bits per heavy atom. The molecule has 2 aliphatic rings. The highest BCUT2D eigenvalue weighted by atomic mass is 16.3. The molecule has 1 N–H and O–H groups in total. The quantitative estimate of drug-likeness (QED) is 0.520. The average Bonchev–Trinajstić information content (AvgIpc) is 2.27. The molecule has 0 saturated carbocycles. The number of hydrogen-bond acceptors (Lipinski definition) is 2. The molecule has 0 amide bonds. The summed E-state index contributed by atoms with van der Waals surface area (Å²) in [6, 6.07) is 0.541. The van der Waals surface area contributed by atoms with Gasteiger partial charge in [0.15, 0.2) is 0 Å². The average molecular weight is 153 g/mol. The monoisotopic (exact) mass is 153 g/mol. The summed E-state index contributed by atoms with van der Waals surface area (Å²) in [5.74, 6) is 0. The number of nitrogens with zero attached hydrogens (tertiary/aromatic N) is 1. The molecule has 1 saturated heterocycles. The fraction of sp³-hybridized carbons (Fsp3) is 0.778. The lowest BCUT2D eigenvalue weighted by atomic mass is 10.0. The van der Waals surface area contributed by atoms with Crippen LogP contribution in [0.5, 0.6) is 0 Å². The highest BCUT2D eigenvalue weighted by Crippen LogP contribution is 2.25. The highest BCUT2D eigenvalue weighted by Gasteiger charge is 2.30. The number of hydrogen-bond donors (Lipinski definition) is 1. The molecule has 2 heteroatoms. The van der Waals surface area contributed by atoms with Crippen LogP contribution < -0.4 is 0 Å². The molecular formula is C9H15NO. The van der Waals surface area contributed by atoms with E-state index in [9.17, 15) is 5.11 Å². The Balaban J connectivity index is 2.11. The van der Waals surface area contributed by atoms with Crippen molar-refractivity contribution in [2.75, 3.05) is 13.1 Å². The second-order valence-corrected chi connectivity index (χ2v) is 3.71. The summed E-state index contributed by atoms with van der Waals surface area (Å²) < 4.78 is 0. The Morgan fingerprint density at radius 2 is 2.45 bits per heavy atom. The van der Waals surface area contributed by atoms with E-state index in [1.807, 2.05) is 0 Å². The number of fused-ring (bicyclic) bond motifs is 1. The van der Waals surface area contributed by atoms with Gasteiger partial charge in [-0.2, -0.15) is 0 Å². The van der Waals surface area contributed by atoms with Gasteiger partial charge in [0.05, 0.1) is 6.10 Å². The van der Waals surface area contributed by atoms with Crippen LogP contribution in [0.15, 0.2) is 11.6 Å². The van der Waals surface area contributed by atoms with Crippen molar-refractivity contribution in [1.29, 1.82) is 0 Å². The van der Waals surface area contributed by atoms with Crippen LogP contribution in [0.25, 0.3) is 0 Å². The third-order valence-electron chi connectivity index (χ3n) is 2.70. The SMILES string of the molecule is CC1=CC2CC(O)CN2CC1. The fourth-order valence-corrected chi connectivity index (χ4v) is 2.07. The third kappa shape index (κ3) is 1.33. The van der Waals surface area contributed by atoms with Crippen molar-refractivity contribution in [3.8, 4) is 0 Å². The molecular weight excluding hydrogens is 138 g/mol. The fourth-order valence-electron chi connectivity index (χ4n) is 2.07. The number of aliphatic hydroxyl groups excluding tert-OH is 1. The van der Waals surface area contributed by atoms with E-state index in [4.69, 9.17) is 0 Å². The smallest absolute Gasteiger partial charge is 0.0685 e. The molecule has 0 spiro atoms. The van der Waals surface area contributed by atoms with E-state index in [1.165, 1.54) is 12.0 Å². The molecule has 1 fully saturated rings. The molecule has 2 atom stereocenters. The van der Waals surface area contributed by atoms with E-state index in [0.717, 1.165) is 19.5 Å². The van der Waals surface area contributed by atoms with Gasteiger partial charge in [0.25, 0.3) is 0 Å². The van der Waals surface area contributed by atoms with E-state index in [1.54, 1.807) is 0 Å². The molecule has 2 nitrogen and oxygen atoms in total. The van der Waals surface area contributed by atoms with Crippen molar-refractivity contribution in [3.05, 3.63) is 11.6 Å². The van der Waals surface area contributed by atoms with Crippen LogP contribution in [0.1, 0.15) is 19.8 Å². The highest BCUT2D eigenvalue weighted by molar-refractivity contribution is 5.12. The van der Waals surface area contributed by atoms with Crippen LogP contribution in [0.2, 0.25) is 0 Å². The van der Waals surface area contributed by atoms with Gasteiger partial charge in [-0.1, -0.05) is 11.6 Å². The second-order valence-electron chi connectivity index (χ2n) is 3.71. The lowest BCUT2D eigenvalue weighted by Crippen LogP contribution is -2.32. The Kier molecular flexibility index (Phi) is 1.74. The zero-order valence-electron chi connectivity index (χ0n) is 6.95. The second kappa shape index (κ2) is 2.61. The van der Waals surface area contributed by atoms with Gasteiger partial charge in [0, 0.05) is 19.1 Å². The van der Waals surface area contributed by atoms with E-state index in [2.05, 4.69) is 17.9 Å². The lowest BCUT2D eigenvalue weighted by Gasteiger charge is -2.26. The van der Waals surface area contributed by atoms with Gasteiger partial charge >= 0.3 is 0 Å². The van der Waals surface area contributed by atoms with Crippen LogP contribution in [-0.4, -0.2) is 35.2 Å². The molecule has 11 heavy (non-hydrogen) atoms. The zero-order valence-corrected chi connectivity index (χ0v) is 6.95. The van der Waals surface area contributed by atoms with Crippen molar-refractivity contribution in [2.45, 2.75) is 31.9 Å². The van der Waals surface area contributed by atoms with Crippen molar-refractivity contribution >= 4 is 0 Å². The summed E-state index contributed by atoms with van der Waals surface area (Å²) >= 11 is 0. The van der Waals surface area contributed by atoms with Crippen LogP contribution in [-0.2, 0) is 0 Å². The Bertz CT molecular complexity index is 188. The van der Waals surface area contributed by atoms with E-state index in [-0.39, 0.29) is 6.10 Å². The molecule has 0 bridgehead atoms. The summed E-state index contributed by atoms with van der Waals surface area (Å²) in [7, 11) is 0. The third-order valence-corrected chi connectivity index (χ3v) is 2.70. The molecule has 2 aliphatic heterocycles. The predicted molar refractivity (Wildman–Crippen MR) is 44.4 cm³/mol. The van der Waals surface area contributed by atoms with E-state index >= 15 is 0 Å². The normalized spacial score (nSPS) is 38.5. The largest absolute Gasteiger partial charge is 0.392 e. The van der Waals surface area contributed by atoms with Gasteiger partial charge in [-0.05, 0) is 19.8 Å². The Hall–Kier alpha value is -0.340. The Labute approximate surface area is 67.5 Å². The summed E-state index contributed by atoms with van der Waals surface area (Å²) in [4.78, 5) is 2.37. The van der Waals surface area contributed by atoms with Crippen LogP contribution in [0.3, 0.4) is 0 Å². The minimum atomic E-state index is -0.0813. The van der Waals surface area contributed by atoms with Crippen LogP contribution in [0, 0.1) is 0 Å². The molecule has 0 aliphatic carbocycles. The molecule has 0 radical (unpaired) electrons. The first-order chi connectivity index (χ1) is 5.25. The zero-order chi connectivity index (χ0) is 7.84. The maximum atomic E-state index is 9.38. The minimum absolute atomic E-state index is 0.0813. The summed E-state index contributed by atoms with van der Waals surface area (Å²) in [6.45, 7) is 4.21. The lowest BCUT2D eigenvalue weighted by molar-refractivity contribution is 0.175. The minimum Gasteiger partial charge on any atom is -0.392 e. The summed E-state index contributed by atoms with van der Waals surface area (Å²) in [5, 5.41) is 9.38. The maximum absolute atomic E-state index is 9.38. The van der Waals surface area contributed by atoms with E-state index in [0.29, 0.717) is 6.04 Å². The van der Waals surface area contributed by atoms with Crippen LogP contribution in [0.4, 0.5) is 0 Å². The van der Waals surface area contributed by atoms with Gasteiger partial charge in [0.2, 0.25) is 0 Å². The van der Waals surface area contributed by atoms with Gasteiger partial charge in [-0.25, -0.2) is 0 Å². The first-order valence-corrected chi connectivity index (χ1v) is 4.35. The topological polar surface area (TPSA) is 23.5 Å². The summed E-state index contributed by atoms with van der Waals surface area (Å²) in [5.41, 5.74) is 1.49. The van der Waals surface area contributed by atoms with Crippen molar-refractivity contribution in [1.82, 2.24) is 4.90 Å². The van der Waals surface area contributed by atoms with Gasteiger partial charge in [-0.15, -0.1) is 0 Å². The molecule has 62 valence electrons.